The van der Waals surface area contributed by atoms with Crippen LogP contribution in [0.15, 0.2) is 23.4 Å². The minimum Gasteiger partial charge on any atom is -0.477 e. The van der Waals surface area contributed by atoms with Crippen LogP contribution in [0.25, 0.3) is 0 Å². The molecule has 2 heterocycles. The van der Waals surface area contributed by atoms with Crippen molar-refractivity contribution in [3.05, 3.63) is 34.0 Å². The molecule has 0 atom stereocenters. The first kappa shape index (κ1) is 13.7. The summed E-state index contributed by atoms with van der Waals surface area (Å²) >= 11 is 1.39. The summed E-state index contributed by atoms with van der Waals surface area (Å²) in [7, 11) is -3.74. The Morgan fingerprint density at radius 1 is 1.58 bits per heavy atom. The maximum Gasteiger partial charge on any atom is 0.352 e. The summed E-state index contributed by atoms with van der Waals surface area (Å²) in [6, 6.07) is 1.07. The minimum atomic E-state index is -3.74. The monoisotopic (exact) mass is 301 g/mol. The van der Waals surface area contributed by atoms with Gasteiger partial charge in [0.2, 0.25) is 10.0 Å². The predicted molar refractivity (Wildman–Crippen MR) is 68.6 cm³/mol. The Kier molecular flexibility index (Phi) is 3.69. The van der Waals surface area contributed by atoms with Gasteiger partial charge in [-0.05, 0) is 13.0 Å². The molecule has 0 amide bonds. The van der Waals surface area contributed by atoms with Crippen molar-refractivity contribution < 1.29 is 18.3 Å². The molecular formula is C10H11N3O4S2. The van der Waals surface area contributed by atoms with Crippen molar-refractivity contribution in [1.29, 1.82) is 0 Å². The van der Waals surface area contributed by atoms with Gasteiger partial charge in [0.05, 0.1) is 6.54 Å². The van der Waals surface area contributed by atoms with E-state index in [9.17, 15) is 13.2 Å². The third-order valence-corrected chi connectivity index (χ3v) is 4.57. The largest absolute Gasteiger partial charge is 0.477 e. The number of carbonyl (C=O) groups is 1. The van der Waals surface area contributed by atoms with Crippen molar-refractivity contribution in [3.63, 3.8) is 0 Å². The highest BCUT2D eigenvalue weighted by Gasteiger charge is 2.18. The smallest absolute Gasteiger partial charge is 0.352 e. The van der Waals surface area contributed by atoms with Crippen molar-refractivity contribution in [2.75, 3.05) is 0 Å². The molecule has 19 heavy (non-hydrogen) atoms. The number of thiazole rings is 1. The van der Waals surface area contributed by atoms with Gasteiger partial charge in [-0.2, -0.15) is 0 Å². The Balaban J connectivity index is 2.11. The number of aryl methyl sites for hydroxylation is 1. The van der Waals surface area contributed by atoms with Crippen LogP contribution in [0.5, 0.6) is 0 Å². The van der Waals surface area contributed by atoms with E-state index in [-0.39, 0.29) is 17.1 Å². The fraction of sp³-hybridized carbons (Fsp3) is 0.200. The lowest BCUT2D eigenvalue weighted by Crippen LogP contribution is -2.22. The van der Waals surface area contributed by atoms with Gasteiger partial charge >= 0.3 is 5.97 Å². The number of nitrogens with zero attached hydrogens (tertiary/aromatic N) is 1. The topological polar surface area (TPSA) is 112 Å². The molecule has 0 saturated carbocycles. The fourth-order valence-corrected chi connectivity index (χ4v) is 3.18. The first-order chi connectivity index (χ1) is 8.88. The van der Waals surface area contributed by atoms with E-state index in [0.717, 1.165) is 17.1 Å². The summed E-state index contributed by atoms with van der Waals surface area (Å²) in [5.41, 5.74) is -0.175. The number of aromatic carboxylic acids is 1. The van der Waals surface area contributed by atoms with Gasteiger partial charge in [-0.1, -0.05) is 0 Å². The van der Waals surface area contributed by atoms with Crippen LogP contribution in [0.4, 0.5) is 0 Å². The average Bonchev–Trinajstić information content (AvgIpc) is 2.95. The van der Waals surface area contributed by atoms with Crippen LogP contribution in [0.2, 0.25) is 0 Å². The number of hydrogen-bond acceptors (Lipinski definition) is 5. The van der Waals surface area contributed by atoms with Crippen LogP contribution in [0, 0.1) is 6.92 Å². The Morgan fingerprint density at radius 3 is 2.84 bits per heavy atom. The molecule has 102 valence electrons. The second-order valence-electron chi connectivity index (χ2n) is 3.74. The van der Waals surface area contributed by atoms with Gasteiger partial charge in [-0.15, -0.1) is 11.3 Å². The molecule has 0 fully saturated rings. The molecule has 3 N–H and O–H groups in total. The SMILES string of the molecule is Cc1cnc(CNS(=O)(=O)c2c[nH]c(C(=O)O)c2)s1. The van der Waals surface area contributed by atoms with E-state index < -0.39 is 16.0 Å². The lowest BCUT2D eigenvalue weighted by atomic mass is 10.4. The Bertz CT molecular complexity index is 702. The Labute approximate surface area is 113 Å². The highest BCUT2D eigenvalue weighted by molar-refractivity contribution is 7.89. The number of hydrogen-bond donors (Lipinski definition) is 3. The minimum absolute atomic E-state index is 0.0778. The number of aromatic amines is 1. The number of carboxylic acids is 1. The van der Waals surface area contributed by atoms with Crippen LogP contribution in [-0.4, -0.2) is 29.5 Å². The second-order valence-corrected chi connectivity index (χ2v) is 6.83. The molecule has 0 saturated heterocycles. The zero-order valence-corrected chi connectivity index (χ0v) is 11.5. The molecule has 0 spiro atoms. The predicted octanol–water partition coefficient (Wildman–Crippen LogP) is 0.956. The van der Waals surface area contributed by atoms with Gasteiger partial charge in [-0.3, -0.25) is 0 Å². The average molecular weight is 301 g/mol. The lowest BCUT2D eigenvalue weighted by molar-refractivity contribution is 0.0691. The van der Waals surface area contributed by atoms with E-state index >= 15 is 0 Å². The number of carboxylic acid groups (broad SMARTS) is 1. The summed E-state index contributed by atoms with van der Waals surface area (Å²) < 4.78 is 26.2. The number of nitrogens with one attached hydrogen (secondary N) is 2. The molecule has 0 unspecified atom stereocenters. The van der Waals surface area contributed by atoms with E-state index in [1.54, 1.807) is 6.20 Å². The molecule has 0 bridgehead atoms. The summed E-state index contributed by atoms with van der Waals surface area (Å²) in [5, 5.41) is 9.37. The molecular weight excluding hydrogens is 290 g/mol. The molecule has 2 aromatic heterocycles. The molecule has 0 aliphatic rings. The first-order valence-corrected chi connectivity index (χ1v) is 7.51. The normalized spacial score (nSPS) is 11.6. The molecule has 9 heteroatoms. The van der Waals surface area contributed by atoms with E-state index in [1.807, 2.05) is 6.92 Å². The molecule has 0 aromatic carbocycles. The van der Waals surface area contributed by atoms with Gasteiger partial charge in [0, 0.05) is 17.3 Å². The van der Waals surface area contributed by atoms with Crippen LogP contribution < -0.4 is 4.72 Å². The number of sulfonamides is 1. The van der Waals surface area contributed by atoms with Crippen LogP contribution in [0.3, 0.4) is 0 Å². The Morgan fingerprint density at radius 2 is 2.32 bits per heavy atom. The molecule has 7 nitrogen and oxygen atoms in total. The first-order valence-electron chi connectivity index (χ1n) is 5.21. The number of rotatable bonds is 5. The van der Waals surface area contributed by atoms with E-state index in [4.69, 9.17) is 5.11 Å². The summed E-state index contributed by atoms with van der Waals surface area (Å²) in [6.07, 6.45) is 2.80. The van der Waals surface area contributed by atoms with E-state index in [2.05, 4.69) is 14.7 Å². The molecule has 2 aromatic rings. The maximum absolute atomic E-state index is 11.9. The maximum atomic E-state index is 11.9. The zero-order valence-electron chi connectivity index (χ0n) is 9.87. The van der Waals surface area contributed by atoms with Crippen molar-refractivity contribution in [3.8, 4) is 0 Å². The lowest BCUT2D eigenvalue weighted by Gasteiger charge is -2.01. The van der Waals surface area contributed by atoms with Crippen LogP contribution in [-0.2, 0) is 16.6 Å². The van der Waals surface area contributed by atoms with Gasteiger partial charge < -0.3 is 10.1 Å². The third-order valence-electron chi connectivity index (χ3n) is 2.28. The summed E-state index contributed by atoms with van der Waals surface area (Å²) in [4.78, 5) is 18.0. The second kappa shape index (κ2) is 5.11. The van der Waals surface area contributed by atoms with Crippen molar-refractivity contribution >= 4 is 27.3 Å². The van der Waals surface area contributed by atoms with E-state index in [1.165, 1.54) is 11.3 Å². The van der Waals surface area contributed by atoms with Crippen molar-refractivity contribution in [2.45, 2.75) is 18.4 Å². The quantitative estimate of drug-likeness (QED) is 0.761. The van der Waals surface area contributed by atoms with Crippen LogP contribution >= 0.6 is 11.3 Å². The van der Waals surface area contributed by atoms with Gasteiger partial charge in [0.15, 0.2) is 0 Å². The van der Waals surface area contributed by atoms with Gasteiger partial charge in [0.1, 0.15) is 15.6 Å². The molecule has 0 aliphatic heterocycles. The van der Waals surface area contributed by atoms with Crippen LogP contribution in [0.1, 0.15) is 20.4 Å². The Hall–Kier alpha value is -1.71. The van der Waals surface area contributed by atoms with Gasteiger partial charge in [0.25, 0.3) is 0 Å². The van der Waals surface area contributed by atoms with Crippen molar-refractivity contribution in [2.24, 2.45) is 0 Å². The molecule has 2 rings (SSSR count). The third kappa shape index (κ3) is 3.19. The molecule has 0 aliphatic carbocycles. The summed E-state index contributed by atoms with van der Waals surface area (Å²) in [6.45, 7) is 1.95. The van der Waals surface area contributed by atoms with E-state index in [0.29, 0.717) is 5.01 Å². The number of aromatic nitrogens is 2. The molecule has 0 radical (unpaired) electrons. The zero-order chi connectivity index (χ0) is 14.0. The van der Waals surface area contributed by atoms with Crippen molar-refractivity contribution in [1.82, 2.24) is 14.7 Å². The highest BCUT2D eigenvalue weighted by Crippen LogP contribution is 2.14. The number of H-pyrrole nitrogens is 1. The standard InChI is InChI=1S/C10H11N3O4S2/c1-6-3-12-9(18-6)5-13-19(16,17)7-2-8(10(14)15)11-4-7/h2-4,11,13H,5H2,1H3,(H,14,15). The van der Waals surface area contributed by atoms with Gasteiger partial charge in [-0.25, -0.2) is 22.9 Å². The highest BCUT2D eigenvalue weighted by atomic mass is 32.2. The summed E-state index contributed by atoms with van der Waals surface area (Å²) in [5.74, 6) is -1.21. The fourth-order valence-electron chi connectivity index (χ4n) is 1.38.